The van der Waals surface area contributed by atoms with E-state index in [0.717, 1.165) is 46.2 Å². The van der Waals surface area contributed by atoms with Gasteiger partial charge in [0, 0.05) is 17.3 Å². The van der Waals surface area contributed by atoms with Crippen molar-refractivity contribution in [1.82, 2.24) is 5.32 Å². The monoisotopic (exact) mass is 393 g/mol. The molecule has 0 saturated carbocycles. The highest BCUT2D eigenvalue weighted by atomic mass is 35.5. The van der Waals surface area contributed by atoms with Crippen LogP contribution in [0.3, 0.4) is 0 Å². The maximum atomic E-state index is 11.9. The van der Waals surface area contributed by atoms with Gasteiger partial charge in [0.25, 0.3) is 0 Å². The number of carbonyl (C=O) groups excluding carboxylic acids is 1. The minimum absolute atomic E-state index is 0.0503. The fraction of sp³-hybridized carbons (Fsp3) is 0.350. The highest BCUT2D eigenvalue weighted by Crippen LogP contribution is 2.27. The topological polar surface area (TPSA) is 47.6 Å². The first-order chi connectivity index (χ1) is 12.6. The molecule has 140 valence electrons. The van der Waals surface area contributed by atoms with Gasteiger partial charge in [-0.25, -0.2) is 0 Å². The van der Waals surface area contributed by atoms with Gasteiger partial charge in [0.05, 0.1) is 20.0 Å². The lowest BCUT2D eigenvalue weighted by Crippen LogP contribution is -2.26. The van der Waals surface area contributed by atoms with Crippen molar-refractivity contribution < 1.29 is 14.3 Å². The number of rotatable bonds is 10. The van der Waals surface area contributed by atoms with Crippen molar-refractivity contribution in [3.8, 4) is 11.5 Å². The molecule has 0 fully saturated rings. The smallest absolute Gasteiger partial charge is 0.230 e. The standard InChI is InChI=1S/C20H24ClNO3S/c1-24-18-10-9-15(12-19(18)25-2)6-5-11-22-20(23)14-26-13-16-7-3-4-8-17(16)21/h3-4,7-10,12H,5-6,11,13-14H2,1-2H3,(H,22,23). The second kappa shape index (κ2) is 11.0. The van der Waals surface area contributed by atoms with E-state index < -0.39 is 0 Å². The molecule has 6 heteroatoms. The van der Waals surface area contributed by atoms with Gasteiger partial charge in [0.1, 0.15) is 0 Å². The quantitative estimate of drug-likeness (QED) is 0.610. The van der Waals surface area contributed by atoms with E-state index in [1.165, 1.54) is 0 Å². The van der Waals surface area contributed by atoms with Gasteiger partial charge in [0.15, 0.2) is 11.5 Å². The molecule has 0 spiro atoms. The Bertz CT molecular complexity index is 724. The fourth-order valence-electron chi connectivity index (χ4n) is 2.48. The van der Waals surface area contributed by atoms with Crippen LogP contribution in [-0.4, -0.2) is 32.4 Å². The van der Waals surface area contributed by atoms with Gasteiger partial charge in [-0.3, -0.25) is 4.79 Å². The summed E-state index contributed by atoms with van der Waals surface area (Å²) in [4.78, 5) is 11.9. The lowest BCUT2D eigenvalue weighted by molar-refractivity contribution is -0.118. The molecule has 2 rings (SSSR count). The largest absolute Gasteiger partial charge is 0.493 e. The van der Waals surface area contributed by atoms with Crippen LogP contribution in [0.1, 0.15) is 17.5 Å². The van der Waals surface area contributed by atoms with Crippen LogP contribution in [0.25, 0.3) is 0 Å². The Balaban J connectivity index is 1.65. The maximum Gasteiger partial charge on any atom is 0.230 e. The number of amides is 1. The van der Waals surface area contributed by atoms with Gasteiger partial charge in [-0.2, -0.15) is 0 Å². The van der Waals surface area contributed by atoms with Crippen LogP contribution >= 0.6 is 23.4 Å². The molecule has 1 amide bonds. The first kappa shape index (κ1) is 20.5. The van der Waals surface area contributed by atoms with E-state index in [0.29, 0.717) is 12.3 Å². The molecule has 0 aliphatic rings. The Morgan fingerprint density at radius 1 is 1.12 bits per heavy atom. The second-order valence-electron chi connectivity index (χ2n) is 5.73. The molecule has 0 aromatic heterocycles. The molecule has 0 bridgehead atoms. The summed E-state index contributed by atoms with van der Waals surface area (Å²) in [5.74, 6) is 2.67. The van der Waals surface area contributed by atoms with Crippen LogP contribution in [0.2, 0.25) is 5.02 Å². The first-order valence-corrected chi connectivity index (χ1v) is 9.96. The average Bonchev–Trinajstić information content (AvgIpc) is 2.66. The highest BCUT2D eigenvalue weighted by Gasteiger charge is 2.06. The van der Waals surface area contributed by atoms with E-state index in [4.69, 9.17) is 21.1 Å². The van der Waals surface area contributed by atoms with Crippen molar-refractivity contribution >= 4 is 29.3 Å². The van der Waals surface area contributed by atoms with Crippen molar-refractivity contribution in [3.05, 3.63) is 58.6 Å². The van der Waals surface area contributed by atoms with Crippen LogP contribution < -0.4 is 14.8 Å². The van der Waals surface area contributed by atoms with Crippen molar-refractivity contribution in [3.63, 3.8) is 0 Å². The predicted molar refractivity (Wildman–Crippen MR) is 108 cm³/mol. The van der Waals surface area contributed by atoms with E-state index in [1.54, 1.807) is 26.0 Å². The third kappa shape index (κ3) is 6.46. The molecule has 0 saturated heterocycles. The molecule has 0 unspecified atom stereocenters. The number of benzene rings is 2. The highest BCUT2D eigenvalue weighted by molar-refractivity contribution is 7.99. The minimum atomic E-state index is 0.0503. The van der Waals surface area contributed by atoms with E-state index in [9.17, 15) is 4.79 Å². The summed E-state index contributed by atoms with van der Waals surface area (Å²) < 4.78 is 10.5. The van der Waals surface area contributed by atoms with Gasteiger partial charge in [-0.15, -0.1) is 11.8 Å². The summed E-state index contributed by atoms with van der Waals surface area (Å²) >= 11 is 7.68. The summed E-state index contributed by atoms with van der Waals surface area (Å²) in [5.41, 5.74) is 2.21. The van der Waals surface area contributed by atoms with Crippen LogP contribution in [0.15, 0.2) is 42.5 Å². The average molecular weight is 394 g/mol. The Hall–Kier alpha value is -1.85. The van der Waals surface area contributed by atoms with Crippen LogP contribution in [0.5, 0.6) is 11.5 Å². The van der Waals surface area contributed by atoms with E-state index in [2.05, 4.69) is 5.32 Å². The number of nitrogens with one attached hydrogen (secondary N) is 1. The summed E-state index contributed by atoms with van der Waals surface area (Å²) in [6.07, 6.45) is 1.74. The Morgan fingerprint density at radius 3 is 2.62 bits per heavy atom. The second-order valence-corrected chi connectivity index (χ2v) is 7.12. The molecule has 2 aromatic rings. The van der Waals surface area contributed by atoms with Crippen molar-refractivity contribution in [2.75, 3.05) is 26.5 Å². The molecule has 0 atom stereocenters. The van der Waals surface area contributed by atoms with Gasteiger partial charge in [0.2, 0.25) is 5.91 Å². The summed E-state index contributed by atoms with van der Waals surface area (Å²) in [6.45, 7) is 0.653. The van der Waals surface area contributed by atoms with Gasteiger partial charge in [-0.05, 0) is 42.2 Å². The first-order valence-electron chi connectivity index (χ1n) is 8.42. The van der Waals surface area contributed by atoms with Crippen LogP contribution in [-0.2, 0) is 17.0 Å². The molecule has 4 nitrogen and oxygen atoms in total. The van der Waals surface area contributed by atoms with E-state index >= 15 is 0 Å². The molecule has 2 aromatic carbocycles. The molecule has 0 radical (unpaired) electrons. The number of halogens is 1. The molecular formula is C20H24ClNO3S. The minimum Gasteiger partial charge on any atom is -0.493 e. The number of hydrogen-bond acceptors (Lipinski definition) is 4. The number of hydrogen-bond donors (Lipinski definition) is 1. The number of carbonyl (C=O) groups is 1. The zero-order valence-corrected chi connectivity index (χ0v) is 16.7. The van der Waals surface area contributed by atoms with Gasteiger partial charge < -0.3 is 14.8 Å². The van der Waals surface area contributed by atoms with Crippen molar-refractivity contribution in [2.24, 2.45) is 0 Å². The predicted octanol–water partition coefficient (Wildman–Crippen LogP) is 4.34. The Kier molecular flexibility index (Phi) is 8.65. The number of ether oxygens (including phenoxy) is 2. The Labute approximate surface area is 164 Å². The third-order valence-corrected chi connectivity index (χ3v) is 5.21. The molecule has 26 heavy (non-hydrogen) atoms. The lowest BCUT2D eigenvalue weighted by atomic mass is 10.1. The maximum absolute atomic E-state index is 11.9. The van der Waals surface area contributed by atoms with E-state index in [-0.39, 0.29) is 5.91 Å². The van der Waals surface area contributed by atoms with Gasteiger partial charge in [-0.1, -0.05) is 35.9 Å². The number of aryl methyl sites for hydroxylation is 1. The molecule has 0 aliphatic heterocycles. The SMILES string of the molecule is COc1ccc(CCCNC(=O)CSCc2ccccc2Cl)cc1OC. The summed E-state index contributed by atoms with van der Waals surface area (Å²) in [7, 11) is 3.25. The fourth-order valence-corrected chi connectivity index (χ4v) is 3.62. The molecule has 1 N–H and O–H groups in total. The van der Waals surface area contributed by atoms with E-state index in [1.807, 2.05) is 42.5 Å². The van der Waals surface area contributed by atoms with Crippen molar-refractivity contribution in [2.45, 2.75) is 18.6 Å². The normalized spacial score (nSPS) is 10.4. The van der Waals surface area contributed by atoms with Crippen LogP contribution in [0.4, 0.5) is 0 Å². The number of methoxy groups -OCH3 is 2. The summed E-state index contributed by atoms with van der Waals surface area (Å²) in [6, 6.07) is 13.6. The lowest BCUT2D eigenvalue weighted by Gasteiger charge is -2.10. The summed E-state index contributed by atoms with van der Waals surface area (Å²) in [5, 5.41) is 3.70. The number of thioether (sulfide) groups is 1. The van der Waals surface area contributed by atoms with Gasteiger partial charge >= 0.3 is 0 Å². The molecule has 0 aliphatic carbocycles. The van der Waals surface area contributed by atoms with Crippen molar-refractivity contribution in [1.29, 1.82) is 0 Å². The molecular weight excluding hydrogens is 370 g/mol. The zero-order chi connectivity index (χ0) is 18.8. The third-order valence-electron chi connectivity index (χ3n) is 3.86. The Morgan fingerprint density at radius 2 is 1.88 bits per heavy atom. The molecule has 0 heterocycles. The zero-order valence-electron chi connectivity index (χ0n) is 15.1. The van der Waals surface area contributed by atoms with Crippen LogP contribution in [0, 0.1) is 0 Å².